The smallest absolute Gasteiger partial charge is 0.268 e. The van der Waals surface area contributed by atoms with E-state index in [1.54, 1.807) is 30.6 Å². The van der Waals surface area contributed by atoms with Crippen LogP contribution < -0.4 is 10.3 Å². The Morgan fingerprint density at radius 3 is 2.86 bits per heavy atom. The van der Waals surface area contributed by atoms with Gasteiger partial charge in [0.2, 0.25) is 0 Å². The lowest BCUT2D eigenvalue weighted by atomic mass is 10.1. The number of hydrogen-bond donors (Lipinski definition) is 0. The van der Waals surface area contributed by atoms with Crippen molar-refractivity contribution in [3.05, 3.63) is 111 Å². The second kappa shape index (κ2) is 9.60. The summed E-state index contributed by atoms with van der Waals surface area (Å²) in [6.07, 6.45) is 5.59. The van der Waals surface area contributed by atoms with Crippen molar-refractivity contribution in [3.8, 4) is 17.5 Å². The molecule has 4 heterocycles. The molecule has 178 valence electrons. The summed E-state index contributed by atoms with van der Waals surface area (Å²) in [4.78, 5) is 21.4. The zero-order valence-electron chi connectivity index (χ0n) is 19.0. The molecule has 0 atom stereocenters. The maximum absolute atomic E-state index is 13.6. The van der Waals surface area contributed by atoms with E-state index in [0.717, 1.165) is 17.3 Å². The highest BCUT2D eigenvalue weighted by molar-refractivity contribution is 6.31. The third-order valence-electron chi connectivity index (χ3n) is 5.62. The third-order valence-corrected chi connectivity index (χ3v) is 5.97. The largest absolute Gasteiger partial charge is 0.489 e. The molecule has 36 heavy (non-hydrogen) atoms. The molecule has 0 aliphatic rings. The van der Waals surface area contributed by atoms with Crippen molar-refractivity contribution in [3.63, 3.8) is 0 Å². The van der Waals surface area contributed by atoms with Crippen LogP contribution in [0.25, 0.3) is 16.6 Å². The summed E-state index contributed by atoms with van der Waals surface area (Å²) in [6.45, 7) is 2.07. The molecule has 0 saturated heterocycles. The normalized spacial score (nSPS) is 10.9. The molecule has 0 saturated carbocycles. The number of nitrogens with zero attached hydrogens (tertiary/aromatic N) is 6. The molecular weight excluding hydrogens is 483 g/mol. The monoisotopic (exact) mass is 500 g/mol. The quantitative estimate of drug-likeness (QED) is 0.338. The van der Waals surface area contributed by atoms with Gasteiger partial charge in [0.1, 0.15) is 24.0 Å². The Kier molecular flexibility index (Phi) is 6.19. The molecule has 0 bridgehead atoms. The van der Waals surface area contributed by atoms with Crippen LogP contribution in [0.5, 0.6) is 5.75 Å². The number of halogens is 2. The number of nitriles is 1. The topological polar surface area (TPSA) is 98.6 Å². The maximum atomic E-state index is 13.6. The summed E-state index contributed by atoms with van der Waals surface area (Å²) in [5, 5.41) is 14.4. The molecule has 0 fully saturated rings. The first kappa shape index (κ1) is 23.2. The second-order valence-electron chi connectivity index (χ2n) is 8.04. The minimum Gasteiger partial charge on any atom is -0.489 e. The molecule has 0 amide bonds. The van der Waals surface area contributed by atoms with Crippen LogP contribution in [-0.2, 0) is 13.2 Å². The van der Waals surface area contributed by atoms with Crippen LogP contribution >= 0.6 is 11.6 Å². The van der Waals surface area contributed by atoms with E-state index >= 15 is 0 Å². The van der Waals surface area contributed by atoms with Gasteiger partial charge in [0, 0.05) is 29.0 Å². The number of ether oxygens (including phenoxy) is 1. The minimum atomic E-state index is -0.441. The van der Waals surface area contributed by atoms with Crippen molar-refractivity contribution in [2.24, 2.45) is 0 Å². The fraction of sp³-hybridized carbons (Fsp3) is 0.115. The van der Waals surface area contributed by atoms with Gasteiger partial charge in [0.15, 0.2) is 5.82 Å². The van der Waals surface area contributed by atoms with Gasteiger partial charge in [-0.3, -0.25) is 14.8 Å². The maximum Gasteiger partial charge on any atom is 0.268 e. The highest BCUT2D eigenvalue weighted by Gasteiger charge is 2.14. The van der Waals surface area contributed by atoms with Crippen LogP contribution in [0.3, 0.4) is 0 Å². The SMILES string of the molecule is Cc1cc(-n2cc(F)cn2)c2cc(OCc3c(Cl)ccnc3Cn3cccc(C#N)c3=O)ccc2n1. The average Bonchev–Trinajstić information content (AvgIpc) is 3.30. The third kappa shape index (κ3) is 4.54. The minimum absolute atomic E-state index is 0.0465. The molecule has 0 spiro atoms. The predicted molar refractivity (Wildman–Crippen MR) is 132 cm³/mol. The van der Waals surface area contributed by atoms with E-state index in [2.05, 4.69) is 15.1 Å². The Morgan fingerprint density at radius 1 is 1.22 bits per heavy atom. The zero-order chi connectivity index (χ0) is 25.2. The van der Waals surface area contributed by atoms with E-state index < -0.39 is 11.4 Å². The molecule has 0 radical (unpaired) electrons. The molecule has 4 aromatic heterocycles. The van der Waals surface area contributed by atoms with E-state index in [0.29, 0.717) is 33.2 Å². The Bertz CT molecular complexity index is 1710. The van der Waals surface area contributed by atoms with Gasteiger partial charge in [0.25, 0.3) is 5.56 Å². The fourth-order valence-electron chi connectivity index (χ4n) is 3.89. The molecule has 5 rings (SSSR count). The summed E-state index contributed by atoms with van der Waals surface area (Å²) in [6, 6.07) is 13.9. The van der Waals surface area contributed by atoms with E-state index in [1.165, 1.54) is 21.5 Å². The highest BCUT2D eigenvalue weighted by atomic mass is 35.5. The van der Waals surface area contributed by atoms with Crippen LogP contribution in [0, 0.1) is 24.1 Å². The van der Waals surface area contributed by atoms with Gasteiger partial charge in [0.05, 0.1) is 40.9 Å². The van der Waals surface area contributed by atoms with Gasteiger partial charge < -0.3 is 9.30 Å². The standard InChI is InChI=1S/C26H18ClFN6O2/c1-16-9-25(34-13-18(28)12-31-34)20-10-19(4-5-23(20)32-16)36-15-21-22(27)6-7-30-24(21)14-33-8-2-3-17(11-29)26(33)35/h2-10,12-13H,14-15H2,1H3. The molecule has 8 nitrogen and oxygen atoms in total. The van der Waals surface area contributed by atoms with E-state index in [-0.39, 0.29) is 18.7 Å². The van der Waals surface area contributed by atoms with Gasteiger partial charge in [-0.05, 0) is 49.4 Å². The molecule has 10 heteroatoms. The first-order chi connectivity index (χ1) is 17.4. The van der Waals surface area contributed by atoms with Gasteiger partial charge in [-0.1, -0.05) is 11.6 Å². The number of hydrogen-bond acceptors (Lipinski definition) is 6. The van der Waals surface area contributed by atoms with Gasteiger partial charge in [-0.2, -0.15) is 10.4 Å². The van der Waals surface area contributed by atoms with Crippen molar-refractivity contribution in [1.29, 1.82) is 5.26 Å². The predicted octanol–water partition coefficient (Wildman–Crippen LogP) is 4.58. The molecular formula is C26H18ClFN6O2. The lowest BCUT2D eigenvalue weighted by molar-refractivity contribution is 0.304. The van der Waals surface area contributed by atoms with E-state index in [1.807, 2.05) is 31.2 Å². The molecule has 0 aliphatic carbocycles. The average molecular weight is 501 g/mol. The molecule has 0 aliphatic heterocycles. The fourth-order valence-corrected chi connectivity index (χ4v) is 4.11. The first-order valence-corrected chi connectivity index (χ1v) is 11.3. The Morgan fingerprint density at radius 2 is 2.08 bits per heavy atom. The number of aromatic nitrogens is 5. The summed E-state index contributed by atoms with van der Waals surface area (Å²) >= 11 is 6.46. The Labute approximate surface area is 209 Å². The van der Waals surface area contributed by atoms with Crippen molar-refractivity contribution in [2.75, 3.05) is 0 Å². The van der Waals surface area contributed by atoms with Crippen LogP contribution in [-0.4, -0.2) is 24.3 Å². The number of benzene rings is 1. The summed E-state index contributed by atoms with van der Waals surface area (Å²) in [7, 11) is 0. The number of aryl methyl sites for hydroxylation is 1. The molecule has 5 aromatic rings. The molecule has 0 unspecified atom stereocenters. The summed E-state index contributed by atoms with van der Waals surface area (Å²) < 4.78 is 22.5. The van der Waals surface area contributed by atoms with Gasteiger partial charge in [-0.15, -0.1) is 0 Å². The van der Waals surface area contributed by atoms with Crippen LogP contribution in [0.1, 0.15) is 22.5 Å². The van der Waals surface area contributed by atoms with E-state index in [9.17, 15) is 9.18 Å². The number of pyridine rings is 3. The highest BCUT2D eigenvalue weighted by Crippen LogP contribution is 2.28. The first-order valence-electron chi connectivity index (χ1n) is 10.9. The molecule has 1 aromatic carbocycles. The zero-order valence-corrected chi connectivity index (χ0v) is 19.8. The van der Waals surface area contributed by atoms with Crippen molar-refractivity contribution < 1.29 is 9.13 Å². The summed E-state index contributed by atoms with van der Waals surface area (Å²) in [5.41, 5.74) is 2.95. The van der Waals surface area contributed by atoms with E-state index in [4.69, 9.17) is 21.6 Å². The lowest BCUT2D eigenvalue weighted by Crippen LogP contribution is -2.23. The summed E-state index contributed by atoms with van der Waals surface area (Å²) in [5.74, 6) is 0.0970. The number of rotatable bonds is 6. The number of fused-ring (bicyclic) bond motifs is 1. The molecule has 0 N–H and O–H groups in total. The van der Waals surface area contributed by atoms with Crippen molar-refractivity contribution >= 4 is 22.5 Å². The Balaban J connectivity index is 1.46. The van der Waals surface area contributed by atoms with Crippen molar-refractivity contribution in [1.82, 2.24) is 24.3 Å². The van der Waals surface area contributed by atoms with Crippen LogP contribution in [0.4, 0.5) is 4.39 Å². The van der Waals surface area contributed by atoms with Gasteiger partial charge in [-0.25, -0.2) is 9.07 Å². The lowest BCUT2D eigenvalue weighted by Gasteiger charge is -2.14. The van der Waals surface area contributed by atoms with Crippen LogP contribution in [0.2, 0.25) is 5.02 Å². The van der Waals surface area contributed by atoms with Crippen molar-refractivity contribution in [2.45, 2.75) is 20.1 Å². The Hall–Kier alpha value is -4.55. The second-order valence-corrected chi connectivity index (χ2v) is 8.45. The van der Waals surface area contributed by atoms with Gasteiger partial charge >= 0.3 is 0 Å². The van der Waals surface area contributed by atoms with Crippen LogP contribution in [0.15, 0.2) is 72.0 Å².